The number of fused-ring (bicyclic) bond motifs is 1. The highest BCUT2D eigenvalue weighted by Gasteiger charge is 2.19. The van der Waals surface area contributed by atoms with E-state index in [0.717, 1.165) is 30.5 Å². The molecule has 1 aromatic carbocycles. The average Bonchev–Trinajstić information content (AvgIpc) is 2.68. The van der Waals surface area contributed by atoms with Crippen LogP contribution in [-0.2, 0) is 17.6 Å². The molecule has 1 amide bonds. The maximum Gasteiger partial charge on any atom is 0.337 e. The van der Waals surface area contributed by atoms with Crippen molar-refractivity contribution in [3.05, 3.63) is 51.7 Å². The number of amides is 1. The lowest BCUT2D eigenvalue weighted by molar-refractivity contribution is -0.115. The Morgan fingerprint density at radius 1 is 1.41 bits per heavy atom. The highest BCUT2D eigenvalue weighted by Crippen LogP contribution is 2.29. The zero-order valence-corrected chi connectivity index (χ0v) is 17.4. The number of benzene rings is 1. The maximum absolute atomic E-state index is 12.2. The first-order valence-corrected chi connectivity index (χ1v) is 10.6. The Morgan fingerprint density at radius 3 is 2.93 bits per heavy atom. The van der Waals surface area contributed by atoms with Crippen molar-refractivity contribution in [2.24, 2.45) is 5.92 Å². The Kier molecular flexibility index (Phi) is 6.78. The van der Waals surface area contributed by atoms with Crippen LogP contribution in [0.3, 0.4) is 0 Å². The van der Waals surface area contributed by atoms with Crippen molar-refractivity contribution in [1.82, 2.24) is 4.98 Å². The zero-order chi connectivity index (χ0) is 21.0. The van der Waals surface area contributed by atoms with E-state index in [0.29, 0.717) is 27.9 Å². The molecule has 0 saturated carbocycles. The summed E-state index contributed by atoms with van der Waals surface area (Å²) in [6.45, 7) is 2.20. The summed E-state index contributed by atoms with van der Waals surface area (Å²) < 4.78 is 0. The molecule has 6 nitrogen and oxygen atoms in total. The number of nitrogens with one attached hydrogen (secondary N) is 1. The molecule has 2 aromatic rings. The Bertz CT molecular complexity index is 1000. The molecule has 1 aromatic heterocycles. The van der Waals surface area contributed by atoms with Crippen molar-refractivity contribution in [3.63, 3.8) is 0 Å². The first-order chi connectivity index (χ1) is 13.9. The molecule has 29 heavy (non-hydrogen) atoms. The van der Waals surface area contributed by atoms with Crippen LogP contribution in [-0.4, -0.2) is 27.7 Å². The predicted octanol–water partition coefficient (Wildman–Crippen LogP) is 4.55. The van der Waals surface area contributed by atoms with Gasteiger partial charge in [-0.3, -0.25) is 4.79 Å². The summed E-state index contributed by atoms with van der Waals surface area (Å²) in [4.78, 5) is 28.0. The number of carbonyl (C=O) groups excluding carboxylic acids is 1. The van der Waals surface area contributed by atoms with E-state index >= 15 is 0 Å². The summed E-state index contributed by atoms with van der Waals surface area (Å²) in [5.74, 6) is -0.338. The molecule has 1 aliphatic rings. The summed E-state index contributed by atoms with van der Waals surface area (Å²) in [5.41, 5.74) is 3.06. The number of carboxylic acids is 1. The molecule has 0 saturated heterocycles. The number of aromatic carboxylic acids is 1. The standard InChI is InChI=1S/C21H20ClN3O3S/c1-12-2-5-18-13(8-12)9-14(11-23)20(25-18)29-7-6-19(26)24-15-3-4-17(22)16(10-15)21(27)28/h3-4,9-10,12H,2,5-8H2,1H3,(H,24,26)(H,27,28). The molecule has 0 radical (unpaired) electrons. The number of carboxylic acid groups (broad SMARTS) is 1. The van der Waals surface area contributed by atoms with Crippen molar-refractivity contribution < 1.29 is 14.7 Å². The fraction of sp³-hybridized carbons (Fsp3) is 0.333. The molecule has 1 aliphatic carbocycles. The number of thioether (sulfide) groups is 1. The highest BCUT2D eigenvalue weighted by molar-refractivity contribution is 7.99. The van der Waals surface area contributed by atoms with Crippen molar-refractivity contribution in [3.8, 4) is 6.07 Å². The van der Waals surface area contributed by atoms with E-state index in [-0.39, 0.29) is 22.9 Å². The van der Waals surface area contributed by atoms with Gasteiger partial charge in [0.2, 0.25) is 5.91 Å². The third-order valence-electron chi connectivity index (χ3n) is 4.77. The normalized spacial score (nSPS) is 15.3. The number of rotatable bonds is 6. The second-order valence-corrected chi connectivity index (χ2v) is 8.54. The number of nitriles is 1. The van der Waals surface area contributed by atoms with Gasteiger partial charge in [0.1, 0.15) is 11.1 Å². The Morgan fingerprint density at radius 2 is 2.21 bits per heavy atom. The van der Waals surface area contributed by atoms with Crippen LogP contribution in [0.5, 0.6) is 0 Å². The van der Waals surface area contributed by atoms with Gasteiger partial charge in [0.15, 0.2) is 0 Å². The highest BCUT2D eigenvalue weighted by atomic mass is 35.5. The number of hydrogen-bond acceptors (Lipinski definition) is 5. The summed E-state index contributed by atoms with van der Waals surface area (Å²) in [6, 6.07) is 8.46. The van der Waals surface area contributed by atoms with Crippen molar-refractivity contribution in [2.75, 3.05) is 11.1 Å². The van der Waals surface area contributed by atoms with E-state index in [9.17, 15) is 14.9 Å². The molecule has 3 rings (SSSR count). The first kappa shape index (κ1) is 21.2. The first-order valence-electron chi connectivity index (χ1n) is 9.25. The minimum atomic E-state index is -1.15. The molecular weight excluding hydrogens is 410 g/mol. The van der Waals surface area contributed by atoms with Crippen LogP contribution in [0.1, 0.15) is 46.9 Å². The number of anilines is 1. The third kappa shape index (κ3) is 5.28. The fourth-order valence-electron chi connectivity index (χ4n) is 3.25. The number of aromatic nitrogens is 1. The summed E-state index contributed by atoms with van der Waals surface area (Å²) >= 11 is 7.22. The Hall–Kier alpha value is -2.56. The molecule has 150 valence electrons. The average molecular weight is 430 g/mol. The maximum atomic E-state index is 12.2. The van der Waals surface area contributed by atoms with Crippen molar-refractivity contribution in [1.29, 1.82) is 5.26 Å². The number of aryl methyl sites for hydroxylation is 1. The van der Waals surface area contributed by atoms with E-state index in [2.05, 4.69) is 23.3 Å². The minimum absolute atomic E-state index is 0.0647. The number of pyridine rings is 1. The molecular formula is C21H20ClN3O3S. The molecule has 1 unspecified atom stereocenters. The summed E-state index contributed by atoms with van der Waals surface area (Å²) in [6.07, 6.45) is 3.16. The van der Waals surface area contributed by atoms with E-state index in [1.165, 1.54) is 23.9 Å². The van der Waals surface area contributed by atoms with E-state index < -0.39 is 5.97 Å². The van der Waals surface area contributed by atoms with E-state index in [1.807, 2.05) is 6.07 Å². The van der Waals surface area contributed by atoms with Gasteiger partial charge in [0.05, 0.1) is 16.1 Å². The van der Waals surface area contributed by atoms with Gasteiger partial charge >= 0.3 is 5.97 Å². The zero-order valence-electron chi connectivity index (χ0n) is 15.9. The van der Waals surface area contributed by atoms with Crippen LogP contribution < -0.4 is 5.32 Å². The molecule has 0 aliphatic heterocycles. The van der Waals surface area contributed by atoms with E-state index in [1.54, 1.807) is 6.07 Å². The Balaban J connectivity index is 1.60. The molecule has 0 bridgehead atoms. The van der Waals surface area contributed by atoms with Gasteiger partial charge in [-0.2, -0.15) is 5.26 Å². The van der Waals surface area contributed by atoms with Crippen LogP contribution in [0.15, 0.2) is 29.3 Å². The fourth-order valence-corrected chi connectivity index (χ4v) is 4.36. The van der Waals surface area contributed by atoms with Crippen LogP contribution in [0.2, 0.25) is 5.02 Å². The van der Waals surface area contributed by atoms with Crippen molar-refractivity contribution >= 4 is 40.9 Å². The SMILES string of the molecule is CC1CCc2nc(SCCC(=O)Nc3ccc(Cl)c(C(=O)O)c3)c(C#N)cc2C1. The summed E-state index contributed by atoms with van der Waals surface area (Å²) in [7, 11) is 0. The van der Waals surface area contributed by atoms with Gasteiger partial charge in [0, 0.05) is 23.6 Å². The summed E-state index contributed by atoms with van der Waals surface area (Å²) in [5, 5.41) is 22.0. The largest absolute Gasteiger partial charge is 0.478 e. The van der Waals surface area contributed by atoms with Gasteiger partial charge in [-0.25, -0.2) is 9.78 Å². The quantitative estimate of drug-likeness (QED) is 0.653. The molecule has 0 spiro atoms. The third-order valence-corrected chi connectivity index (χ3v) is 6.09. The molecule has 2 N–H and O–H groups in total. The molecule has 0 fully saturated rings. The second kappa shape index (κ2) is 9.29. The van der Waals surface area contributed by atoms with Gasteiger partial charge < -0.3 is 10.4 Å². The lowest BCUT2D eigenvalue weighted by Gasteiger charge is -2.21. The van der Waals surface area contributed by atoms with Crippen LogP contribution in [0.4, 0.5) is 5.69 Å². The van der Waals surface area contributed by atoms with Gasteiger partial charge in [0.25, 0.3) is 0 Å². The molecule has 8 heteroatoms. The van der Waals surface area contributed by atoms with Gasteiger partial charge in [-0.05, 0) is 55.0 Å². The number of hydrogen-bond donors (Lipinski definition) is 2. The topological polar surface area (TPSA) is 103 Å². The van der Waals surface area contributed by atoms with Crippen LogP contribution >= 0.6 is 23.4 Å². The Labute approximate surface area is 178 Å². The second-order valence-electron chi connectivity index (χ2n) is 7.05. The predicted molar refractivity (Wildman–Crippen MR) is 113 cm³/mol. The van der Waals surface area contributed by atoms with Crippen molar-refractivity contribution in [2.45, 2.75) is 37.6 Å². The number of carbonyl (C=O) groups is 2. The molecule has 1 heterocycles. The lowest BCUT2D eigenvalue weighted by atomic mass is 9.87. The van der Waals surface area contributed by atoms with Gasteiger partial charge in [-0.1, -0.05) is 18.5 Å². The van der Waals surface area contributed by atoms with Gasteiger partial charge in [-0.15, -0.1) is 11.8 Å². The smallest absolute Gasteiger partial charge is 0.337 e. The monoisotopic (exact) mass is 429 g/mol. The van der Waals surface area contributed by atoms with Crippen LogP contribution in [0.25, 0.3) is 0 Å². The van der Waals surface area contributed by atoms with Crippen LogP contribution in [0, 0.1) is 17.2 Å². The minimum Gasteiger partial charge on any atom is -0.478 e. The lowest BCUT2D eigenvalue weighted by Crippen LogP contribution is -2.14. The number of nitrogens with zero attached hydrogens (tertiary/aromatic N) is 2. The number of halogens is 1. The molecule has 1 atom stereocenters. The van der Waals surface area contributed by atoms with E-state index in [4.69, 9.17) is 16.7 Å².